The summed E-state index contributed by atoms with van der Waals surface area (Å²) < 4.78 is 31.8. The highest BCUT2D eigenvalue weighted by Gasteiger charge is 2.15. The predicted molar refractivity (Wildman–Crippen MR) is 77.4 cm³/mol. The summed E-state index contributed by atoms with van der Waals surface area (Å²) in [6.45, 7) is -0.864. The zero-order chi connectivity index (χ0) is 16.7. The van der Waals surface area contributed by atoms with Crippen molar-refractivity contribution in [1.29, 1.82) is 0 Å². The average molecular weight is 375 g/mol. The summed E-state index contributed by atoms with van der Waals surface area (Å²) in [7, 11) is 1.78. The van der Waals surface area contributed by atoms with Crippen LogP contribution in [0.5, 0.6) is 5.75 Å². The largest absolute Gasteiger partial charge is 0.434 e. The van der Waals surface area contributed by atoms with Gasteiger partial charge in [-0.1, -0.05) is 22.9 Å². The second-order valence-corrected chi connectivity index (χ2v) is 5.02. The lowest BCUT2D eigenvalue weighted by Crippen LogP contribution is -2.04. The zero-order valence-electron chi connectivity index (χ0n) is 11.8. The molecule has 0 radical (unpaired) electrons. The number of benzene rings is 1. The number of halogens is 3. The molecule has 0 saturated heterocycles. The predicted octanol–water partition coefficient (Wildman–Crippen LogP) is 3.43. The number of rotatable bonds is 4. The number of aromatic nitrogens is 2. The summed E-state index contributed by atoms with van der Waals surface area (Å²) in [6.07, 6.45) is 1.04. The highest BCUT2D eigenvalue weighted by atomic mass is 79.9. The average Bonchev–Trinajstić information content (AvgIpc) is 2.80. The Labute approximate surface area is 134 Å². The van der Waals surface area contributed by atoms with E-state index in [-0.39, 0.29) is 11.9 Å². The maximum absolute atomic E-state index is 12.5. The van der Waals surface area contributed by atoms with Gasteiger partial charge in [-0.25, -0.2) is 0 Å². The first-order valence-electron chi connectivity index (χ1n) is 6.19. The monoisotopic (exact) mass is 374 g/mol. The molecule has 1 heterocycles. The second kappa shape index (κ2) is 8.41. The van der Waals surface area contributed by atoms with E-state index in [1.807, 2.05) is 13.0 Å². The Hall–Kier alpha value is -2.05. The molecule has 0 unspecified atom stereocenters. The number of hydrogen-bond acceptors (Lipinski definition) is 4. The number of nitrogens with zero attached hydrogens (tertiary/aromatic N) is 2. The number of aryl methyl sites for hydroxylation is 2. The molecular weight excluding hydrogens is 362 g/mol. The summed E-state index contributed by atoms with van der Waals surface area (Å²) in [5.74, 6) is 0.134. The SMILES string of the molecule is CCc1cc(-c2ccc(Br)cc2OC(F)F)n(C)n1.O=C=O. The summed E-state index contributed by atoms with van der Waals surface area (Å²) in [4.78, 5) is 16.2. The third kappa shape index (κ3) is 4.75. The third-order valence-corrected chi connectivity index (χ3v) is 3.22. The van der Waals surface area contributed by atoms with Gasteiger partial charge in [-0.2, -0.15) is 23.5 Å². The fourth-order valence-corrected chi connectivity index (χ4v) is 2.19. The molecule has 1 aromatic heterocycles. The summed E-state index contributed by atoms with van der Waals surface area (Å²) in [5.41, 5.74) is 2.25. The molecule has 0 atom stereocenters. The minimum Gasteiger partial charge on any atom is -0.434 e. The van der Waals surface area contributed by atoms with Crippen LogP contribution in [0.3, 0.4) is 0 Å². The quantitative estimate of drug-likeness (QED) is 0.822. The molecule has 118 valence electrons. The minimum absolute atomic E-state index is 0.134. The Balaban J connectivity index is 0.000000745. The summed E-state index contributed by atoms with van der Waals surface area (Å²) >= 11 is 3.25. The van der Waals surface area contributed by atoms with Crippen LogP contribution < -0.4 is 4.74 Å². The number of alkyl halides is 2. The molecule has 0 saturated carbocycles. The Morgan fingerprint density at radius 2 is 2.00 bits per heavy atom. The van der Waals surface area contributed by atoms with Gasteiger partial charge in [0.2, 0.25) is 0 Å². The van der Waals surface area contributed by atoms with Gasteiger partial charge < -0.3 is 4.74 Å². The van der Waals surface area contributed by atoms with Crippen LogP contribution in [0.15, 0.2) is 28.7 Å². The van der Waals surface area contributed by atoms with Gasteiger partial charge >= 0.3 is 12.8 Å². The maximum atomic E-state index is 12.5. The lowest BCUT2D eigenvalue weighted by molar-refractivity contribution is -0.191. The van der Waals surface area contributed by atoms with Crippen molar-refractivity contribution in [3.05, 3.63) is 34.4 Å². The lowest BCUT2D eigenvalue weighted by atomic mass is 10.1. The minimum atomic E-state index is -2.85. The van der Waals surface area contributed by atoms with Crippen molar-refractivity contribution in [3.8, 4) is 17.0 Å². The van der Waals surface area contributed by atoms with Crippen molar-refractivity contribution < 1.29 is 23.1 Å². The molecule has 1 aromatic carbocycles. The molecule has 5 nitrogen and oxygen atoms in total. The number of carbonyl (C=O) groups excluding carboxylic acids is 2. The van der Waals surface area contributed by atoms with Crippen LogP contribution in [-0.2, 0) is 23.1 Å². The fourth-order valence-electron chi connectivity index (χ4n) is 1.85. The molecule has 2 aromatic rings. The third-order valence-electron chi connectivity index (χ3n) is 2.73. The first-order chi connectivity index (χ1) is 10.4. The van der Waals surface area contributed by atoms with Gasteiger partial charge in [0.25, 0.3) is 0 Å². The van der Waals surface area contributed by atoms with Crippen LogP contribution >= 0.6 is 15.9 Å². The van der Waals surface area contributed by atoms with Gasteiger partial charge in [0.05, 0.1) is 11.4 Å². The standard InChI is InChI=1S/C13H13BrF2N2O.CO2/c1-3-9-7-11(18(2)17-9)10-5-4-8(14)6-12(10)19-13(15)16;2-1-3/h4-7,13H,3H2,1-2H3;. The molecule has 0 N–H and O–H groups in total. The number of hydrogen-bond donors (Lipinski definition) is 0. The van der Waals surface area contributed by atoms with E-state index in [1.54, 1.807) is 23.9 Å². The van der Waals surface area contributed by atoms with Gasteiger partial charge in [-0.3, -0.25) is 4.68 Å². The van der Waals surface area contributed by atoms with Crippen LogP contribution in [0, 0.1) is 0 Å². The zero-order valence-corrected chi connectivity index (χ0v) is 13.4. The van der Waals surface area contributed by atoms with E-state index < -0.39 is 6.61 Å². The van der Waals surface area contributed by atoms with Gasteiger partial charge in [-0.05, 0) is 30.7 Å². The van der Waals surface area contributed by atoms with Gasteiger partial charge in [0.15, 0.2) is 0 Å². The Morgan fingerprint density at radius 3 is 2.50 bits per heavy atom. The molecule has 0 aliphatic carbocycles. The van der Waals surface area contributed by atoms with E-state index in [4.69, 9.17) is 9.59 Å². The molecule has 0 fully saturated rings. The summed E-state index contributed by atoms with van der Waals surface area (Å²) in [6, 6.07) is 6.92. The van der Waals surface area contributed by atoms with Crippen LogP contribution in [0.25, 0.3) is 11.3 Å². The molecular formula is C14H13BrF2N2O3. The fraction of sp³-hybridized carbons (Fsp3) is 0.286. The van der Waals surface area contributed by atoms with E-state index >= 15 is 0 Å². The van der Waals surface area contributed by atoms with Crippen molar-refractivity contribution in [1.82, 2.24) is 9.78 Å². The van der Waals surface area contributed by atoms with Crippen LogP contribution in [0.2, 0.25) is 0 Å². The molecule has 2 rings (SSSR count). The van der Waals surface area contributed by atoms with Crippen molar-refractivity contribution >= 4 is 22.1 Å². The van der Waals surface area contributed by atoms with Crippen LogP contribution in [0.1, 0.15) is 12.6 Å². The summed E-state index contributed by atoms with van der Waals surface area (Å²) in [5, 5.41) is 4.31. The molecule has 0 aliphatic heterocycles. The highest BCUT2D eigenvalue weighted by molar-refractivity contribution is 9.10. The van der Waals surface area contributed by atoms with E-state index in [1.165, 1.54) is 6.07 Å². The van der Waals surface area contributed by atoms with Crippen LogP contribution in [-0.4, -0.2) is 22.5 Å². The molecule has 8 heteroatoms. The molecule has 22 heavy (non-hydrogen) atoms. The number of ether oxygens (including phenoxy) is 1. The van der Waals surface area contributed by atoms with Gasteiger partial charge in [0.1, 0.15) is 5.75 Å². The molecule has 0 bridgehead atoms. The van der Waals surface area contributed by atoms with E-state index in [0.717, 1.165) is 17.8 Å². The molecule has 0 spiro atoms. The normalized spacial score (nSPS) is 9.91. The van der Waals surface area contributed by atoms with Crippen molar-refractivity contribution in [2.75, 3.05) is 0 Å². The van der Waals surface area contributed by atoms with Crippen molar-refractivity contribution in [3.63, 3.8) is 0 Å². The van der Waals surface area contributed by atoms with Crippen LogP contribution in [0.4, 0.5) is 8.78 Å². The van der Waals surface area contributed by atoms with Gasteiger partial charge in [0, 0.05) is 17.1 Å². The highest BCUT2D eigenvalue weighted by Crippen LogP contribution is 2.33. The van der Waals surface area contributed by atoms with E-state index in [0.29, 0.717) is 10.0 Å². The first-order valence-corrected chi connectivity index (χ1v) is 6.99. The Kier molecular flexibility index (Phi) is 6.88. The molecule has 0 aliphatic rings. The smallest absolute Gasteiger partial charge is 0.387 e. The lowest BCUT2D eigenvalue weighted by Gasteiger charge is -2.11. The molecule has 0 amide bonds. The maximum Gasteiger partial charge on any atom is 0.387 e. The topological polar surface area (TPSA) is 61.2 Å². The van der Waals surface area contributed by atoms with Crippen molar-refractivity contribution in [2.24, 2.45) is 7.05 Å². The van der Waals surface area contributed by atoms with Crippen molar-refractivity contribution in [2.45, 2.75) is 20.0 Å². The first kappa shape index (κ1) is 18.0. The Bertz CT molecular complexity index is 668. The van der Waals surface area contributed by atoms with E-state index in [2.05, 4.69) is 25.8 Å². The van der Waals surface area contributed by atoms with Gasteiger partial charge in [-0.15, -0.1) is 0 Å². The second-order valence-electron chi connectivity index (χ2n) is 4.10. The van der Waals surface area contributed by atoms with E-state index in [9.17, 15) is 8.78 Å². The Morgan fingerprint density at radius 1 is 1.36 bits per heavy atom.